The minimum absolute atomic E-state index is 0.654. The van der Waals surface area contributed by atoms with Gasteiger partial charge in [0.1, 0.15) is 0 Å². The van der Waals surface area contributed by atoms with E-state index in [1.807, 2.05) is 18.3 Å². The number of anilines is 1. The number of ether oxygens (including phenoxy) is 1. The van der Waals surface area contributed by atoms with Gasteiger partial charge >= 0.3 is 0 Å². The third-order valence-electron chi connectivity index (χ3n) is 3.43. The molecule has 98 valence electrons. The summed E-state index contributed by atoms with van der Waals surface area (Å²) < 4.78 is 5.06. The van der Waals surface area contributed by atoms with Crippen molar-refractivity contribution in [1.82, 2.24) is 9.88 Å². The third kappa shape index (κ3) is 2.53. The van der Waals surface area contributed by atoms with Crippen molar-refractivity contribution in [1.29, 1.82) is 0 Å². The largest absolute Gasteiger partial charge is 0.481 e. The second-order valence-corrected chi connectivity index (χ2v) is 4.88. The van der Waals surface area contributed by atoms with Crippen molar-refractivity contribution in [3.63, 3.8) is 0 Å². The van der Waals surface area contributed by atoms with Crippen LogP contribution in [0, 0.1) is 0 Å². The van der Waals surface area contributed by atoms with Gasteiger partial charge in [0.2, 0.25) is 5.88 Å². The fourth-order valence-electron chi connectivity index (χ4n) is 2.48. The maximum Gasteiger partial charge on any atom is 0.212 e. The van der Waals surface area contributed by atoms with Crippen molar-refractivity contribution >= 4 is 5.69 Å². The molecule has 0 saturated heterocycles. The van der Waals surface area contributed by atoms with Gasteiger partial charge in [-0.05, 0) is 28.8 Å². The van der Waals surface area contributed by atoms with Crippen LogP contribution in [0.1, 0.15) is 16.7 Å². The van der Waals surface area contributed by atoms with E-state index in [2.05, 4.69) is 28.1 Å². The van der Waals surface area contributed by atoms with Gasteiger partial charge in [-0.25, -0.2) is 4.98 Å². The Balaban J connectivity index is 1.69. The first kappa shape index (κ1) is 12.0. The Morgan fingerprint density at radius 1 is 1.21 bits per heavy atom. The highest BCUT2D eigenvalue weighted by Crippen LogP contribution is 2.26. The van der Waals surface area contributed by atoms with E-state index in [9.17, 15) is 0 Å². The number of benzene rings is 1. The third-order valence-corrected chi connectivity index (χ3v) is 3.43. The van der Waals surface area contributed by atoms with Gasteiger partial charge in [0.25, 0.3) is 0 Å². The van der Waals surface area contributed by atoms with Gasteiger partial charge in [-0.3, -0.25) is 4.90 Å². The number of methoxy groups -OCH3 is 1. The summed E-state index contributed by atoms with van der Waals surface area (Å²) in [6.45, 7) is 2.82. The second kappa shape index (κ2) is 4.90. The van der Waals surface area contributed by atoms with Crippen molar-refractivity contribution in [2.75, 3.05) is 12.8 Å². The molecule has 4 nitrogen and oxygen atoms in total. The van der Waals surface area contributed by atoms with Crippen molar-refractivity contribution < 1.29 is 4.74 Å². The van der Waals surface area contributed by atoms with Gasteiger partial charge in [-0.1, -0.05) is 12.1 Å². The second-order valence-electron chi connectivity index (χ2n) is 4.88. The van der Waals surface area contributed by atoms with Crippen LogP contribution >= 0.6 is 0 Å². The maximum atomic E-state index is 5.82. The smallest absolute Gasteiger partial charge is 0.212 e. The zero-order valence-electron chi connectivity index (χ0n) is 11.0. The quantitative estimate of drug-likeness (QED) is 0.854. The predicted molar refractivity (Wildman–Crippen MR) is 74.6 cm³/mol. The average molecular weight is 255 g/mol. The molecule has 0 bridgehead atoms. The summed E-state index contributed by atoms with van der Waals surface area (Å²) in [7, 11) is 1.63. The van der Waals surface area contributed by atoms with Crippen molar-refractivity contribution in [2.45, 2.75) is 19.6 Å². The fraction of sp³-hybridized carbons (Fsp3) is 0.267. The van der Waals surface area contributed by atoms with Crippen molar-refractivity contribution in [2.24, 2.45) is 0 Å². The normalized spacial score (nSPS) is 14.4. The number of hydrogen-bond acceptors (Lipinski definition) is 4. The zero-order valence-corrected chi connectivity index (χ0v) is 11.0. The molecule has 0 unspecified atom stereocenters. The lowest BCUT2D eigenvalue weighted by atomic mass is 10.1. The Kier molecular flexibility index (Phi) is 3.09. The molecule has 0 amide bonds. The van der Waals surface area contributed by atoms with Crippen LogP contribution in [-0.4, -0.2) is 17.0 Å². The summed E-state index contributed by atoms with van der Waals surface area (Å²) >= 11 is 0. The SMILES string of the molecule is COc1ccc(CN2Cc3ccc(N)cc3C2)cn1. The molecule has 2 N–H and O–H groups in total. The predicted octanol–water partition coefficient (Wildman–Crippen LogP) is 2.19. The van der Waals surface area contributed by atoms with Crippen LogP contribution < -0.4 is 10.5 Å². The summed E-state index contributed by atoms with van der Waals surface area (Å²) in [6, 6.07) is 10.1. The Labute approximate surface area is 112 Å². The number of nitrogens with zero attached hydrogens (tertiary/aromatic N) is 2. The molecular formula is C15H17N3O. The number of fused-ring (bicyclic) bond motifs is 1. The molecule has 1 aliphatic heterocycles. The van der Waals surface area contributed by atoms with Crippen LogP contribution in [-0.2, 0) is 19.6 Å². The van der Waals surface area contributed by atoms with E-state index >= 15 is 0 Å². The Morgan fingerprint density at radius 2 is 2.05 bits per heavy atom. The molecule has 0 aliphatic carbocycles. The van der Waals surface area contributed by atoms with Crippen molar-refractivity contribution in [3.05, 3.63) is 53.2 Å². The Bertz CT molecular complexity index is 580. The first-order valence-corrected chi connectivity index (χ1v) is 6.33. The van der Waals surface area contributed by atoms with Crippen LogP contribution in [0.3, 0.4) is 0 Å². The Hall–Kier alpha value is -2.07. The van der Waals surface area contributed by atoms with E-state index < -0.39 is 0 Å². The lowest BCUT2D eigenvalue weighted by Gasteiger charge is -2.14. The van der Waals surface area contributed by atoms with Crippen LogP contribution in [0.5, 0.6) is 5.88 Å². The molecule has 4 heteroatoms. The van der Waals surface area contributed by atoms with Gasteiger partial charge < -0.3 is 10.5 Å². The molecule has 1 aromatic heterocycles. The zero-order chi connectivity index (χ0) is 13.2. The number of nitrogens with two attached hydrogens (primary N) is 1. The molecular weight excluding hydrogens is 238 g/mol. The molecule has 0 fully saturated rings. The minimum Gasteiger partial charge on any atom is -0.481 e. The van der Waals surface area contributed by atoms with Crippen LogP contribution in [0.25, 0.3) is 0 Å². The minimum atomic E-state index is 0.654. The molecule has 19 heavy (non-hydrogen) atoms. The number of nitrogen functional groups attached to an aromatic ring is 1. The standard InChI is InChI=1S/C15H17N3O/c1-19-15-5-2-11(7-17-15)8-18-9-12-3-4-14(16)6-13(12)10-18/h2-7H,8-10,16H2,1H3. The molecule has 0 saturated carbocycles. The number of pyridine rings is 1. The summed E-state index contributed by atoms with van der Waals surface area (Å²) in [6.07, 6.45) is 1.87. The molecule has 2 heterocycles. The summed E-state index contributed by atoms with van der Waals surface area (Å²) in [5, 5.41) is 0. The average Bonchev–Trinajstić information content (AvgIpc) is 2.81. The monoisotopic (exact) mass is 255 g/mol. The summed E-state index contributed by atoms with van der Waals surface area (Å²) in [4.78, 5) is 6.62. The number of rotatable bonds is 3. The highest BCUT2D eigenvalue weighted by Gasteiger charge is 2.18. The van der Waals surface area contributed by atoms with Gasteiger partial charge in [0.15, 0.2) is 0 Å². The van der Waals surface area contributed by atoms with Crippen LogP contribution in [0.2, 0.25) is 0 Å². The molecule has 1 aliphatic rings. The van der Waals surface area contributed by atoms with E-state index in [0.29, 0.717) is 5.88 Å². The van der Waals surface area contributed by atoms with E-state index in [4.69, 9.17) is 10.5 Å². The molecule has 0 radical (unpaired) electrons. The van der Waals surface area contributed by atoms with Crippen LogP contribution in [0.4, 0.5) is 5.69 Å². The summed E-state index contributed by atoms with van der Waals surface area (Å²) in [5.41, 5.74) is 10.6. The lowest BCUT2D eigenvalue weighted by Crippen LogP contribution is -2.15. The lowest BCUT2D eigenvalue weighted by molar-refractivity contribution is 0.275. The van der Waals surface area contributed by atoms with E-state index in [1.165, 1.54) is 16.7 Å². The van der Waals surface area contributed by atoms with Crippen LogP contribution in [0.15, 0.2) is 36.5 Å². The molecule has 3 rings (SSSR count). The number of hydrogen-bond donors (Lipinski definition) is 1. The first-order chi connectivity index (χ1) is 9.24. The molecule has 0 spiro atoms. The fourth-order valence-corrected chi connectivity index (χ4v) is 2.48. The van der Waals surface area contributed by atoms with E-state index in [-0.39, 0.29) is 0 Å². The highest BCUT2D eigenvalue weighted by atomic mass is 16.5. The molecule has 0 atom stereocenters. The van der Waals surface area contributed by atoms with Gasteiger partial charge in [0, 0.05) is 37.6 Å². The maximum absolute atomic E-state index is 5.82. The first-order valence-electron chi connectivity index (χ1n) is 6.33. The van der Waals surface area contributed by atoms with Crippen molar-refractivity contribution in [3.8, 4) is 5.88 Å². The molecule has 2 aromatic rings. The van der Waals surface area contributed by atoms with E-state index in [1.54, 1.807) is 7.11 Å². The Morgan fingerprint density at radius 3 is 2.79 bits per heavy atom. The highest BCUT2D eigenvalue weighted by molar-refractivity contribution is 5.46. The number of aromatic nitrogens is 1. The molecule has 1 aromatic carbocycles. The summed E-state index contributed by atoms with van der Waals surface area (Å²) in [5.74, 6) is 0.654. The topological polar surface area (TPSA) is 51.4 Å². The van der Waals surface area contributed by atoms with Gasteiger partial charge in [0.05, 0.1) is 7.11 Å². The van der Waals surface area contributed by atoms with Gasteiger partial charge in [-0.2, -0.15) is 0 Å². The van der Waals surface area contributed by atoms with E-state index in [0.717, 1.165) is 25.3 Å². The van der Waals surface area contributed by atoms with Gasteiger partial charge in [-0.15, -0.1) is 0 Å².